The van der Waals surface area contributed by atoms with Gasteiger partial charge in [-0.05, 0) is 24.1 Å². The SMILES string of the molecule is N#CN1CC[C@H](C(=O)Nc2ncc(-c3ccc4[nH]ncc4c3)s2)C1. The Morgan fingerprint density at radius 2 is 2.38 bits per heavy atom. The number of nitrogens with zero attached hydrogens (tertiary/aromatic N) is 4. The van der Waals surface area contributed by atoms with E-state index in [0.717, 1.165) is 21.3 Å². The van der Waals surface area contributed by atoms with E-state index in [0.29, 0.717) is 24.6 Å². The Labute approximate surface area is 141 Å². The maximum absolute atomic E-state index is 12.3. The van der Waals surface area contributed by atoms with Crippen molar-refractivity contribution in [2.75, 3.05) is 18.4 Å². The minimum absolute atomic E-state index is 0.0704. The number of amides is 1. The van der Waals surface area contributed by atoms with E-state index in [1.54, 1.807) is 17.3 Å². The highest BCUT2D eigenvalue weighted by atomic mass is 32.1. The van der Waals surface area contributed by atoms with Gasteiger partial charge in [0.05, 0.1) is 22.5 Å². The molecule has 1 aliphatic heterocycles. The number of H-pyrrole nitrogens is 1. The molecule has 1 fully saturated rings. The van der Waals surface area contributed by atoms with Gasteiger partial charge in [-0.15, -0.1) is 0 Å². The lowest BCUT2D eigenvalue weighted by Gasteiger charge is -2.08. The van der Waals surface area contributed by atoms with Gasteiger partial charge in [-0.25, -0.2) is 4.98 Å². The number of nitriles is 1. The van der Waals surface area contributed by atoms with Gasteiger partial charge in [-0.3, -0.25) is 9.89 Å². The molecule has 0 radical (unpaired) electrons. The molecule has 7 nitrogen and oxygen atoms in total. The first-order chi connectivity index (χ1) is 11.7. The van der Waals surface area contributed by atoms with Gasteiger partial charge < -0.3 is 10.2 Å². The largest absolute Gasteiger partial charge is 0.310 e. The van der Waals surface area contributed by atoms with Crippen molar-refractivity contribution in [3.05, 3.63) is 30.6 Å². The molecule has 120 valence electrons. The Morgan fingerprint density at radius 1 is 1.46 bits per heavy atom. The van der Waals surface area contributed by atoms with Crippen LogP contribution in [0.25, 0.3) is 21.3 Å². The van der Waals surface area contributed by atoms with Crippen molar-refractivity contribution in [1.29, 1.82) is 5.26 Å². The zero-order valence-corrected chi connectivity index (χ0v) is 13.5. The first kappa shape index (κ1) is 14.7. The molecule has 2 aromatic heterocycles. The molecule has 3 heterocycles. The van der Waals surface area contributed by atoms with Gasteiger partial charge in [0.2, 0.25) is 5.91 Å². The molecule has 2 N–H and O–H groups in total. The molecule has 0 unspecified atom stereocenters. The van der Waals surface area contributed by atoms with E-state index in [4.69, 9.17) is 5.26 Å². The minimum atomic E-state index is -0.153. The van der Waals surface area contributed by atoms with Gasteiger partial charge in [-0.2, -0.15) is 10.4 Å². The molecule has 0 aliphatic carbocycles. The Hall–Kier alpha value is -2.92. The summed E-state index contributed by atoms with van der Waals surface area (Å²) in [7, 11) is 0. The fraction of sp³-hybridized carbons (Fsp3) is 0.250. The molecule has 4 rings (SSSR count). The highest BCUT2D eigenvalue weighted by Gasteiger charge is 2.28. The molecule has 0 saturated carbocycles. The Balaban J connectivity index is 1.48. The van der Waals surface area contributed by atoms with Crippen molar-refractivity contribution in [2.24, 2.45) is 5.92 Å². The summed E-state index contributed by atoms with van der Waals surface area (Å²) < 4.78 is 0. The average molecular weight is 338 g/mol. The van der Waals surface area contributed by atoms with E-state index < -0.39 is 0 Å². The third-order valence-corrected chi connectivity index (χ3v) is 5.12. The number of hydrogen-bond acceptors (Lipinski definition) is 6. The molecule has 1 amide bonds. The number of benzene rings is 1. The number of anilines is 1. The molecular formula is C16H14N6OS. The van der Waals surface area contributed by atoms with Gasteiger partial charge in [0, 0.05) is 24.7 Å². The first-order valence-corrected chi connectivity index (χ1v) is 8.39. The molecule has 1 saturated heterocycles. The van der Waals surface area contributed by atoms with E-state index in [1.807, 2.05) is 18.2 Å². The van der Waals surface area contributed by atoms with Crippen LogP contribution in [0.15, 0.2) is 30.6 Å². The highest BCUT2D eigenvalue weighted by molar-refractivity contribution is 7.19. The van der Waals surface area contributed by atoms with Crippen LogP contribution in [0.5, 0.6) is 0 Å². The molecule has 24 heavy (non-hydrogen) atoms. The van der Waals surface area contributed by atoms with Crippen LogP contribution in [0.4, 0.5) is 5.13 Å². The summed E-state index contributed by atoms with van der Waals surface area (Å²) in [5.74, 6) is -0.224. The fourth-order valence-corrected chi connectivity index (χ4v) is 3.65. The van der Waals surface area contributed by atoms with Crippen LogP contribution >= 0.6 is 11.3 Å². The maximum atomic E-state index is 12.3. The zero-order chi connectivity index (χ0) is 16.5. The quantitative estimate of drug-likeness (QED) is 0.715. The van der Waals surface area contributed by atoms with Gasteiger partial charge in [0.25, 0.3) is 0 Å². The molecule has 8 heteroatoms. The van der Waals surface area contributed by atoms with E-state index in [1.165, 1.54) is 11.3 Å². The lowest BCUT2D eigenvalue weighted by Crippen LogP contribution is -2.25. The van der Waals surface area contributed by atoms with Crippen LogP contribution in [0, 0.1) is 17.4 Å². The summed E-state index contributed by atoms with van der Waals surface area (Å²) in [5.41, 5.74) is 2.03. The minimum Gasteiger partial charge on any atom is -0.310 e. The number of carbonyl (C=O) groups is 1. The number of aromatic nitrogens is 3. The second-order valence-electron chi connectivity index (χ2n) is 5.72. The number of hydrogen-bond donors (Lipinski definition) is 2. The van der Waals surface area contributed by atoms with E-state index in [9.17, 15) is 4.79 Å². The zero-order valence-electron chi connectivity index (χ0n) is 12.7. The number of fused-ring (bicyclic) bond motifs is 1. The molecule has 0 bridgehead atoms. The van der Waals surface area contributed by atoms with Gasteiger partial charge in [-0.1, -0.05) is 17.4 Å². The lowest BCUT2D eigenvalue weighted by atomic mass is 10.1. The summed E-state index contributed by atoms with van der Waals surface area (Å²) in [5, 5.41) is 20.3. The monoisotopic (exact) mass is 338 g/mol. The standard InChI is InChI=1S/C16H14N6OS/c17-9-22-4-3-11(8-22)15(23)20-16-18-7-14(24-16)10-1-2-13-12(5-10)6-19-21-13/h1-2,5-7,11H,3-4,8H2,(H,19,21)(H,18,20,23)/t11-/m0/s1. The molecule has 0 spiro atoms. The van der Waals surface area contributed by atoms with Crippen molar-refractivity contribution in [3.8, 4) is 16.6 Å². The number of thiazole rings is 1. The Kier molecular flexibility index (Phi) is 3.63. The van der Waals surface area contributed by atoms with Gasteiger partial charge >= 0.3 is 0 Å². The maximum Gasteiger partial charge on any atom is 0.231 e. The van der Waals surface area contributed by atoms with E-state index in [-0.39, 0.29) is 11.8 Å². The normalized spacial score (nSPS) is 17.1. The average Bonchev–Trinajstić information content (AvgIpc) is 3.33. The Bertz CT molecular complexity index is 939. The lowest BCUT2D eigenvalue weighted by molar-refractivity contribution is -0.119. The summed E-state index contributed by atoms with van der Waals surface area (Å²) in [6.45, 7) is 1.13. The first-order valence-electron chi connectivity index (χ1n) is 7.58. The van der Waals surface area contributed by atoms with Crippen LogP contribution in [0.2, 0.25) is 0 Å². The predicted molar refractivity (Wildman–Crippen MR) is 91.1 cm³/mol. The second kappa shape index (κ2) is 5.94. The number of rotatable bonds is 3. The van der Waals surface area contributed by atoms with Gasteiger partial charge in [0.15, 0.2) is 11.3 Å². The van der Waals surface area contributed by atoms with Crippen LogP contribution in [-0.2, 0) is 4.79 Å². The topological polar surface area (TPSA) is 97.7 Å². The smallest absolute Gasteiger partial charge is 0.231 e. The molecular weight excluding hydrogens is 324 g/mol. The third-order valence-electron chi connectivity index (χ3n) is 4.16. The summed E-state index contributed by atoms with van der Waals surface area (Å²) in [6.07, 6.45) is 6.33. The number of aromatic amines is 1. The predicted octanol–water partition coefficient (Wildman–Crippen LogP) is 2.43. The highest BCUT2D eigenvalue weighted by Crippen LogP contribution is 2.31. The summed E-state index contributed by atoms with van der Waals surface area (Å²) >= 11 is 1.44. The third kappa shape index (κ3) is 2.70. The van der Waals surface area contributed by atoms with Crippen molar-refractivity contribution in [2.45, 2.75) is 6.42 Å². The van der Waals surface area contributed by atoms with Crippen molar-refractivity contribution < 1.29 is 4.79 Å². The fourth-order valence-electron chi connectivity index (χ4n) is 2.83. The summed E-state index contributed by atoms with van der Waals surface area (Å²) in [4.78, 5) is 19.2. The molecule has 1 atom stereocenters. The van der Waals surface area contributed by atoms with Crippen LogP contribution in [0.1, 0.15) is 6.42 Å². The number of likely N-dealkylation sites (tertiary alicyclic amines) is 1. The van der Waals surface area contributed by atoms with Crippen molar-refractivity contribution >= 4 is 33.3 Å². The molecule has 3 aromatic rings. The summed E-state index contributed by atoms with van der Waals surface area (Å²) in [6, 6.07) is 6.02. The van der Waals surface area contributed by atoms with Crippen LogP contribution in [0.3, 0.4) is 0 Å². The van der Waals surface area contributed by atoms with Crippen LogP contribution in [-0.4, -0.2) is 39.1 Å². The van der Waals surface area contributed by atoms with Crippen molar-refractivity contribution in [1.82, 2.24) is 20.1 Å². The van der Waals surface area contributed by atoms with Gasteiger partial charge in [0.1, 0.15) is 0 Å². The number of carbonyl (C=O) groups excluding carboxylic acids is 1. The van der Waals surface area contributed by atoms with E-state index in [2.05, 4.69) is 26.7 Å². The second-order valence-corrected chi connectivity index (χ2v) is 6.75. The number of nitrogens with one attached hydrogen (secondary N) is 2. The molecule has 1 aliphatic rings. The van der Waals surface area contributed by atoms with Crippen LogP contribution < -0.4 is 5.32 Å². The Morgan fingerprint density at radius 3 is 3.21 bits per heavy atom. The van der Waals surface area contributed by atoms with E-state index >= 15 is 0 Å². The molecule has 1 aromatic carbocycles. The van der Waals surface area contributed by atoms with Crippen molar-refractivity contribution in [3.63, 3.8) is 0 Å².